The van der Waals surface area contributed by atoms with Gasteiger partial charge in [-0.1, -0.05) is 37.3 Å². The van der Waals surface area contributed by atoms with Gasteiger partial charge in [0.15, 0.2) is 0 Å². The molecule has 150 valence electrons. The molecular formula is C22H22N2O4S. The first-order valence-corrected chi connectivity index (χ1v) is 10.7. The van der Waals surface area contributed by atoms with E-state index < -0.39 is 10.0 Å². The molecule has 0 atom stereocenters. The lowest BCUT2D eigenvalue weighted by Crippen LogP contribution is -2.24. The van der Waals surface area contributed by atoms with Crippen LogP contribution in [0.3, 0.4) is 0 Å². The Kier molecular flexibility index (Phi) is 6.64. The number of carbonyl (C=O) groups is 1. The van der Waals surface area contributed by atoms with Crippen molar-refractivity contribution in [3.63, 3.8) is 0 Å². The molecule has 0 aromatic heterocycles. The van der Waals surface area contributed by atoms with E-state index in [1.54, 1.807) is 48.5 Å². The maximum Gasteiger partial charge on any atom is 0.259 e. The molecule has 0 unspecified atom stereocenters. The fourth-order valence-electron chi connectivity index (χ4n) is 2.59. The number of amides is 1. The minimum Gasteiger partial charge on any atom is -0.457 e. The van der Waals surface area contributed by atoms with Crippen molar-refractivity contribution in [2.24, 2.45) is 0 Å². The van der Waals surface area contributed by atoms with Crippen molar-refractivity contribution in [2.45, 2.75) is 18.2 Å². The topological polar surface area (TPSA) is 84.5 Å². The Morgan fingerprint density at radius 1 is 0.897 bits per heavy atom. The van der Waals surface area contributed by atoms with Crippen LogP contribution in [0.5, 0.6) is 11.5 Å². The third kappa shape index (κ3) is 5.43. The fourth-order valence-corrected chi connectivity index (χ4v) is 3.73. The molecule has 3 aromatic carbocycles. The highest BCUT2D eigenvalue weighted by molar-refractivity contribution is 7.89. The second-order valence-corrected chi connectivity index (χ2v) is 8.05. The van der Waals surface area contributed by atoms with Crippen LogP contribution in [0.2, 0.25) is 0 Å². The van der Waals surface area contributed by atoms with Crippen LogP contribution in [0, 0.1) is 0 Å². The largest absolute Gasteiger partial charge is 0.457 e. The summed E-state index contributed by atoms with van der Waals surface area (Å²) in [6, 6.07) is 22.1. The quantitative estimate of drug-likeness (QED) is 0.576. The van der Waals surface area contributed by atoms with Gasteiger partial charge in [-0.3, -0.25) is 4.79 Å². The number of benzene rings is 3. The van der Waals surface area contributed by atoms with Gasteiger partial charge in [0, 0.05) is 12.2 Å². The van der Waals surface area contributed by atoms with Crippen LogP contribution in [-0.2, 0) is 10.0 Å². The maximum atomic E-state index is 12.7. The lowest BCUT2D eigenvalue weighted by molar-refractivity contribution is 0.102. The Balaban J connectivity index is 1.74. The van der Waals surface area contributed by atoms with Crippen LogP contribution in [0.15, 0.2) is 83.8 Å². The first-order chi connectivity index (χ1) is 14.0. The molecule has 0 fully saturated rings. The Labute approximate surface area is 170 Å². The Hall–Kier alpha value is -3.16. The molecule has 0 aliphatic carbocycles. The summed E-state index contributed by atoms with van der Waals surface area (Å²) in [7, 11) is -3.54. The summed E-state index contributed by atoms with van der Waals surface area (Å²) in [4.78, 5) is 12.9. The summed E-state index contributed by atoms with van der Waals surface area (Å²) in [6.07, 6.45) is 0.706. The van der Waals surface area contributed by atoms with Gasteiger partial charge in [0.2, 0.25) is 10.0 Å². The van der Waals surface area contributed by atoms with Gasteiger partial charge >= 0.3 is 0 Å². The summed E-state index contributed by atoms with van der Waals surface area (Å²) in [6.45, 7) is 2.26. The van der Waals surface area contributed by atoms with Crippen molar-refractivity contribution in [2.75, 3.05) is 11.9 Å². The summed E-state index contributed by atoms with van der Waals surface area (Å²) in [5, 5.41) is 2.77. The number of carbonyl (C=O) groups excluding carboxylic acids is 1. The number of para-hydroxylation sites is 2. The maximum absolute atomic E-state index is 12.7. The second kappa shape index (κ2) is 9.36. The van der Waals surface area contributed by atoms with Crippen LogP contribution in [0.25, 0.3) is 0 Å². The molecule has 29 heavy (non-hydrogen) atoms. The molecular weight excluding hydrogens is 388 g/mol. The van der Waals surface area contributed by atoms with E-state index >= 15 is 0 Å². The van der Waals surface area contributed by atoms with Gasteiger partial charge in [0.05, 0.1) is 10.5 Å². The number of sulfonamides is 1. The SMILES string of the molecule is CCCNS(=O)(=O)c1ccc(NC(=O)c2ccccc2Oc2ccccc2)cc1. The van der Waals surface area contributed by atoms with E-state index in [0.717, 1.165) is 0 Å². The third-order valence-electron chi connectivity index (χ3n) is 4.07. The highest BCUT2D eigenvalue weighted by Crippen LogP contribution is 2.26. The van der Waals surface area contributed by atoms with E-state index in [1.165, 1.54) is 12.1 Å². The van der Waals surface area contributed by atoms with Crippen molar-refractivity contribution < 1.29 is 17.9 Å². The molecule has 2 N–H and O–H groups in total. The van der Waals surface area contributed by atoms with Gasteiger partial charge in [0.25, 0.3) is 5.91 Å². The van der Waals surface area contributed by atoms with Gasteiger partial charge in [-0.05, 0) is 55.0 Å². The Morgan fingerprint density at radius 2 is 1.55 bits per heavy atom. The molecule has 0 radical (unpaired) electrons. The van der Waals surface area contributed by atoms with Crippen molar-refractivity contribution in [3.05, 3.63) is 84.4 Å². The molecule has 0 aliphatic heterocycles. The molecule has 0 aliphatic rings. The number of hydrogen-bond donors (Lipinski definition) is 2. The molecule has 0 heterocycles. The lowest BCUT2D eigenvalue weighted by Gasteiger charge is -2.12. The smallest absolute Gasteiger partial charge is 0.259 e. The average molecular weight is 410 g/mol. The summed E-state index contributed by atoms with van der Waals surface area (Å²) in [5.41, 5.74) is 0.858. The van der Waals surface area contributed by atoms with Crippen LogP contribution in [0.1, 0.15) is 23.7 Å². The van der Waals surface area contributed by atoms with Gasteiger partial charge in [-0.15, -0.1) is 0 Å². The van der Waals surface area contributed by atoms with Gasteiger partial charge in [0.1, 0.15) is 11.5 Å². The minimum atomic E-state index is -3.54. The molecule has 3 rings (SSSR count). The van der Waals surface area contributed by atoms with E-state index in [0.29, 0.717) is 35.7 Å². The van der Waals surface area contributed by atoms with Crippen LogP contribution in [-0.4, -0.2) is 20.9 Å². The van der Waals surface area contributed by atoms with Crippen LogP contribution in [0.4, 0.5) is 5.69 Å². The number of hydrogen-bond acceptors (Lipinski definition) is 4. The highest BCUT2D eigenvalue weighted by atomic mass is 32.2. The zero-order valence-corrected chi connectivity index (χ0v) is 16.8. The molecule has 6 nitrogen and oxygen atoms in total. The molecule has 1 amide bonds. The Bertz CT molecular complexity index is 1070. The molecule has 0 spiro atoms. The van der Waals surface area contributed by atoms with E-state index in [2.05, 4.69) is 10.0 Å². The van der Waals surface area contributed by atoms with E-state index in [-0.39, 0.29) is 10.8 Å². The minimum absolute atomic E-state index is 0.150. The van der Waals surface area contributed by atoms with Crippen LogP contribution < -0.4 is 14.8 Å². The zero-order valence-electron chi connectivity index (χ0n) is 16.0. The van der Waals surface area contributed by atoms with Crippen molar-refractivity contribution in [3.8, 4) is 11.5 Å². The summed E-state index contributed by atoms with van der Waals surface area (Å²) in [5.74, 6) is 0.706. The third-order valence-corrected chi connectivity index (χ3v) is 5.54. The highest BCUT2D eigenvalue weighted by Gasteiger charge is 2.15. The molecule has 0 bridgehead atoms. The summed E-state index contributed by atoms with van der Waals surface area (Å²) < 4.78 is 32.6. The van der Waals surface area contributed by atoms with Crippen molar-refractivity contribution in [1.82, 2.24) is 4.72 Å². The predicted octanol–water partition coefficient (Wildman–Crippen LogP) is 4.42. The lowest BCUT2D eigenvalue weighted by atomic mass is 10.2. The van der Waals surface area contributed by atoms with Gasteiger partial charge < -0.3 is 10.1 Å². The van der Waals surface area contributed by atoms with E-state index in [1.807, 2.05) is 25.1 Å². The fraction of sp³-hybridized carbons (Fsp3) is 0.136. The first-order valence-electron chi connectivity index (χ1n) is 9.22. The molecule has 0 saturated carbocycles. The average Bonchev–Trinajstić information content (AvgIpc) is 2.74. The summed E-state index contributed by atoms with van der Waals surface area (Å²) >= 11 is 0. The van der Waals surface area contributed by atoms with E-state index in [9.17, 15) is 13.2 Å². The first kappa shape index (κ1) is 20.6. The predicted molar refractivity (Wildman–Crippen MR) is 113 cm³/mol. The standard InChI is InChI=1S/C22H22N2O4S/c1-2-16-23-29(26,27)19-14-12-17(13-15-19)24-22(25)20-10-6-7-11-21(20)28-18-8-4-3-5-9-18/h3-15,23H,2,16H2,1H3,(H,24,25). The zero-order chi connectivity index (χ0) is 20.7. The van der Waals surface area contributed by atoms with Gasteiger partial charge in [-0.2, -0.15) is 0 Å². The van der Waals surface area contributed by atoms with Crippen molar-refractivity contribution >= 4 is 21.6 Å². The van der Waals surface area contributed by atoms with E-state index in [4.69, 9.17) is 4.74 Å². The molecule has 3 aromatic rings. The molecule has 0 saturated heterocycles. The number of rotatable bonds is 8. The Morgan fingerprint density at radius 3 is 2.24 bits per heavy atom. The number of anilines is 1. The molecule has 7 heteroatoms. The monoisotopic (exact) mass is 410 g/mol. The second-order valence-electron chi connectivity index (χ2n) is 6.29. The van der Waals surface area contributed by atoms with Crippen LogP contribution >= 0.6 is 0 Å². The number of nitrogens with one attached hydrogen (secondary N) is 2. The number of ether oxygens (including phenoxy) is 1. The van der Waals surface area contributed by atoms with Crippen molar-refractivity contribution in [1.29, 1.82) is 0 Å². The normalized spacial score (nSPS) is 11.1. The van der Waals surface area contributed by atoms with Gasteiger partial charge in [-0.25, -0.2) is 13.1 Å².